The molecule has 0 saturated carbocycles. The Morgan fingerprint density at radius 1 is 1.00 bits per heavy atom. The largest absolute Gasteiger partial charge is 0.354 e. The van der Waals surface area contributed by atoms with Gasteiger partial charge in [0.25, 0.3) is 0 Å². The molecule has 4 aromatic heterocycles. The molecule has 30 heavy (non-hydrogen) atoms. The molecule has 0 unspecified atom stereocenters. The molecule has 5 rings (SSSR count). The van der Waals surface area contributed by atoms with Crippen molar-refractivity contribution in [1.29, 1.82) is 5.26 Å². The summed E-state index contributed by atoms with van der Waals surface area (Å²) < 4.78 is 3.53. The summed E-state index contributed by atoms with van der Waals surface area (Å²) >= 11 is 0. The topological polar surface area (TPSA) is 78.3 Å². The van der Waals surface area contributed by atoms with Crippen molar-refractivity contribution in [3.63, 3.8) is 0 Å². The highest BCUT2D eigenvalue weighted by Crippen LogP contribution is 2.31. The summed E-state index contributed by atoms with van der Waals surface area (Å²) in [4.78, 5) is 9.37. The Bertz CT molecular complexity index is 1240. The van der Waals surface area contributed by atoms with Crippen LogP contribution in [0.3, 0.4) is 0 Å². The lowest BCUT2D eigenvalue weighted by Gasteiger charge is -2.33. The van der Waals surface area contributed by atoms with Crippen LogP contribution in [0.4, 0.5) is 5.82 Å². The van der Waals surface area contributed by atoms with Crippen LogP contribution in [0.25, 0.3) is 27.9 Å². The number of likely N-dealkylation sites (N-methyl/N-ethyl adjacent to an activating group) is 1. The molecule has 0 aromatic carbocycles. The molecule has 0 atom stereocenters. The normalized spacial score (nSPS) is 14.9. The summed E-state index contributed by atoms with van der Waals surface area (Å²) in [5.74, 6) is 0.984. The van der Waals surface area contributed by atoms with Gasteiger partial charge in [-0.05, 0) is 31.3 Å². The number of nitrogens with zero attached hydrogens (tertiary/aromatic N) is 8. The standard InChI is InChI=1S/C22H22N8/c1-27-7-9-29(10-8-27)21-4-3-16(13-24-21)19-11-17(20-5-6-28(2)26-20)15-30-22(19)18(12-23)14-25-30/h3-6,11,13-15H,7-10H2,1-2H3. The van der Waals surface area contributed by atoms with E-state index < -0.39 is 0 Å². The Balaban J connectivity index is 1.58. The van der Waals surface area contributed by atoms with Crippen molar-refractivity contribution in [3.05, 3.63) is 54.6 Å². The molecule has 0 spiro atoms. The van der Waals surface area contributed by atoms with Crippen LogP contribution in [0.1, 0.15) is 5.56 Å². The van der Waals surface area contributed by atoms with E-state index in [1.807, 2.05) is 31.7 Å². The third-order valence-corrected chi connectivity index (χ3v) is 5.63. The van der Waals surface area contributed by atoms with E-state index in [1.54, 1.807) is 15.4 Å². The van der Waals surface area contributed by atoms with Gasteiger partial charge >= 0.3 is 0 Å². The molecule has 1 fully saturated rings. The molecular weight excluding hydrogens is 376 g/mol. The van der Waals surface area contributed by atoms with Crippen LogP contribution >= 0.6 is 0 Å². The van der Waals surface area contributed by atoms with Gasteiger partial charge in [-0.15, -0.1) is 0 Å². The van der Waals surface area contributed by atoms with Gasteiger partial charge in [-0.2, -0.15) is 15.5 Å². The number of aromatic nitrogens is 5. The first-order chi connectivity index (χ1) is 14.6. The van der Waals surface area contributed by atoms with Crippen molar-refractivity contribution in [2.45, 2.75) is 0 Å². The minimum atomic E-state index is 0.542. The predicted molar refractivity (Wildman–Crippen MR) is 115 cm³/mol. The molecule has 0 N–H and O–H groups in total. The second-order valence-corrected chi connectivity index (χ2v) is 7.68. The quantitative estimate of drug-likeness (QED) is 0.527. The van der Waals surface area contributed by atoms with Gasteiger partial charge in [-0.1, -0.05) is 0 Å². The molecule has 8 nitrogen and oxygen atoms in total. The van der Waals surface area contributed by atoms with Gasteiger partial charge in [0.1, 0.15) is 11.9 Å². The number of hydrogen-bond donors (Lipinski definition) is 0. The molecular formula is C22H22N8. The highest BCUT2D eigenvalue weighted by molar-refractivity contribution is 5.87. The molecule has 5 heterocycles. The first-order valence-electron chi connectivity index (χ1n) is 9.94. The zero-order valence-electron chi connectivity index (χ0n) is 17.0. The number of piperazine rings is 1. The molecule has 0 amide bonds. The molecule has 1 aliphatic rings. The maximum absolute atomic E-state index is 9.58. The number of rotatable bonds is 3. The SMILES string of the molecule is CN1CCN(c2ccc(-c3cc(-c4ccn(C)n4)cn4ncc(C#N)c34)cn2)CC1. The summed E-state index contributed by atoms with van der Waals surface area (Å²) in [7, 11) is 4.04. The van der Waals surface area contributed by atoms with Crippen LogP contribution in [-0.4, -0.2) is 62.5 Å². The fourth-order valence-electron chi connectivity index (χ4n) is 3.90. The van der Waals surface area contributed by atoms with Crippen molar-refractivity contribution in [1.82, 2.24) is 29.3 Å². The summed E-state index contributed by atoms with van der Waals surface area (Å²) in [6, 6.07) is 10.4. The van der Waals surface area contributed by atoms with Crippen LogP contribution < -0.4 is 4.90 Å². The zero-order valence-corrected chi connectivity index (χ0v) is 17.0. The number of pyridine rings is 2. The molecule has 1 saturated heterocycles. The van der Waals surface area contributed by atoms with Crippen molar-refractivity contribution >= 4 is 11.3 Å². The molecule has 0 radical (unpaired) electrons. The first kappa shape index (κ1) is 18.3. The summed E-state index contributed by atoms with van der Waals surface area (Å²) in [6.07, 6.45) is 7.32. The average molecular weight is 398 g/mol. The predicted octanol–water partition coefficient (Wildman–Crippen LogP) is 2.42. The van der Waals surface area contributed by atoms with Crippen LogP contribution in [0.2, 0.25) is 0 Å². The monoisotopic (exact) mass is 398 g/mol. The fourth-order valence-corrected chi connectivity index (χ4v) is 3.90. The van der Waals surface area contributed by atoms with Gasteiger partial charge in [0, 0.05) is 68.5 Å². The van der Waals surface area contributed by atoms with E-state index in [0.717, 1.165) is 59.9 Å². The second-order valence-electron chi connectivity index (χ2n) is 7.68. The molecule has 8 heteroatoms. The van der Waals surface area contributed by atoms with E-state index in [2.05, 4.69) is 51.3 Å². The highest BCUT2D eigenvalue weighted by atomic mass is 15.3. The summed E-state index contributed by atoms with van der Waals surface area (Å²) in [5.41, 5.74) is 5.00. The molecule has 150 valence electrons. The Hall–Kier alpha value is -3.70. The fraction of sp³-hybridized carbons (Fsp3) is 0.273. The van der Waals surface area contributed by atoms with Crippen LogP contribution in [0.15, 0.2) is 49.1 Å². The van der Waals surface area contributed by atoms with Crippen LogP contribution in [-0.2, 0) is 7.05 Å². The Morgan fingerprint density at radius 2 is 1.83 bits per heavy atom. The van der Waals surface area contributed by atoms with Crippen LogP contribution in [0.5, 0.6) is 0 Å². The number of anilines is 1. The highest BCUT2D eigenvalue weighted by Gasteiger charge is 2.17. The zero-order chi connectivity index (χ0) is 20.7. The van der Waals surface area contributed by atoms with E-state index in [9.17, 15) is 5.26 Å². The van der Waals surface area contributed by atoms with Crippen LogP contribution in [0, 0.1) is 11.3 Å². The van der Waals surface area contributed by atoms with E-state index in [0.29, 0.717) is 5.56 Å². The molecule has 4 aromatic rings. The van der Waals surface area contributed by atoms with Gasteiger partial charge in [0.2, 0.25) is 0 Å². The maximum Gasteiger partial charge on any atom is 0.128 e. The third-order valence-electron chi connectivity index (χ3n) is 5.63. The van der Waals surface area contributed by atoms with Gasteiger partial charge in [-0.25, -0.2) is 9.50 Å². The van der Waals surface area contributed by atoms with E-state index >= 15 is 0 Å². The van der Waals surface area contributed by atoms with Crippen molar-refractivity contribution < 1.29 is 0 Å². The average Bonchev–Trinajstić information content (AvgIpc) is 3.40. The Labute approximate surface area is 174 Å². The van der Waals surface area contributed by atoms with Gasteiger partial charge in [-0.3, -0.25) is 4.68 Å². The lowest BCUT2D eigenvalue weighted by molar-refractivity contribution is 0.312. The van der Waals surface area contributed by atoms with E-state index in [-0.39, 0.29) is 0 Å². The van der Waals surface area contributed by atoms with Gasteiger partial charge < -0.3 is 9.80 Å². The number of aryl methyl sites for hydroxylation is 1. The summed E-state index contributed by atoms with van der Waals surface area (Å²) in [6.45, 7) is 4.03. The lowest BCUT2D eigenvalue weighted by atomic mass is 10.0. The Morgan fingerprint density at radius 3 is 2.50 bits per heavy atom. The van der Waals surface area contributed by atoms with E-state index in [4.69, 9.17) is 4.98 Å². The van der Waals surface area contributed by atoms with Crippen molar-refractivity contribution in [2.24, 2.45) is 7.05 Å². The Kier molecular flexibility index (Phi) is 4.45. The molecule has 0 aliphatic carbocycles. The molecule has 0 bridgehead atoms. The minimum Gasteiger partial charge on any atom is -0.354 e. The number of fused-ring (bicyclic) bond motifs is 1. The van der Waals surface area contributed by atoms with Gasteiger partial charge in [0.15, 0.2) is 0 Å². The van der Waals surface area contributed by atoms with Crippen molar-refractivity contribution in [3.8, 4) is 28.5 Å². The summed E-state index contributed by atoms with van der Waals surface area (Å²) in [5, 5.41) is 18.5. The lowest BCUT2D eigenvalue weighted by Crippen LogP contribution is -2.44. The minimum absolute atomic E-state index is 0.542. The van der Waals surface area contributed by atoms with Crippen molar-refractivity contribution in [2.75, 3.05) is 38.1 Å². The second kappa shape index (κ2) is 7.28. The van der Waals surface area contributed by atoms with E-state index in [1.165, 1.54) is 0 Å². The van der Waals surface area contributed by atoms with Gasteiger partial charge in [0.05, 0.1) is 23.0 Å². The number of nitriles is 1. The number of hydrogen-bond acceptors (Lipinski definition) is 6. The smallest absolute Gasteiger partial charge is 0.128 e. The third kappa shape index (κ3) is 3.19. The molecule has 1 aliphatic heterocycles. The first-order valence-corrected chi connectivity index (χ1v) is 9.94. The maximum atomic E-state index is 9.58.